The number of nitrogens with one attached hydrogen (secondary N) is 1. The SMILES string of the molecule is C#C/C(=C\C(C)=C(/C)CCS(=O)(=O)N1CCC2(CC1)N=C(c1cc(O)cc(C(F)(F)F)c1)NC2=O)C(=O)OC(C)(C)C. The molecule has 1 fully saturated rings. The van der Waals surface area contributed by atoms with Crippen molar-refractivity contribution in [3.8, 4) is 18.1 Å². The van der Waals surface area contributed by atoms with Crippen molar-refractivity contribution < 1.29 is 41.0 Å². The van der Waals surface area contributed by atoms with Crippen LogP contribution < -0.4 is 5.32 Å². The van der Waals surface area contributed by atoms with E-state index in [2.05, 4.69) is 16.2 Å². The van der Waals surface area contributed by atoms with Crippen LogP contribution in [0.3, 0.4) is 0 Å². The normalized spacial score (nSPS) is 18.7. The fourth-order valence-corrected chi connectivity index (χ4v) is 6.04. The third-order valence-corrected chi connectivity index (χ3v) is 8.86. The van der Waals surface area contributed by atoms with Gasteiger partial charge in [0.15, 0.2) is 0 Å². The number of nitrogens with zero attached hydrogens (tertiary/aromatic N) is 2. The Morgan fingerprint density at radius 3 is 2.38 bits per heavy atom. The Bertz CT molecular complexity index is 1500. The van der Waals surface area contributed by atoms with E-state index in [1.165, 1.54) is 10.4 Å². The molecule has 2 aliphatic heterocycles. The first-order chi connectivity index (χ1) is 19.3. The lowest BCUT2D eigenvalue weighted by Gasteiger charge is -2.34. The highest BCUT2D eigenvalue weighted by atomic mass is 32.2. The second-order valence-electron chi connectivity index (χ2n) is 11.3. The van der Waals surface area contributed by atoms with E-state index >= 15 is 0 Å². The van der Waals surface area contributed by atoms with E-state index in [1.807, 2.05) is 0 Å². The van der Waals surface area contributed by atoms with E-state index in [0.717, 1.165) is 12.1 Å². The van der Waals surface area contributed by atoms with Gasteiger partial charge in [-0.15, -0.1) is 6.42 Å². The summed E-state index contributed by atoms with van der Waals surface area (Å²) in [7, 11) is -3.74. The zero-order chi connectivity index (χ0) is 31.7. The number of ether oxygens (including phenoxy) is 1. The number of carbonyl (C=O) groups is 2. The van der Waals surface area contributed by atoms with Crippen LogP contribution in [-0.2, 0) is 30.5 Å². The van der Waals surface area contributed by atoms with Crippen LogP contribution in [0, 0.1) is 12.3 Å². The monoisotopic (exact) mass is 609 g/mol. The maximum atomic E-state index is 13.2. The Morgan fingerprint density at radius 2 is 1.83 bits per heavy atom. The first kappa shape index (κ1) is 32.9. The summed E-state index contributed by atoms with van der Waals surface area (Å²) in [5.41, 5.74) is -1.89. The minimum atomic E-state index is -4.71. The molecule has 1 spiro atoms. The van der Waals surface area contributed by atoms with Crippen LogP contribution in [0.25, 0.3) is 0 Å². The van der Waals surface area contributed by atoms with Gasteiger partial charge in [-0.25, -0.2) is 17.5 Å². The van der Waals surface area contributed by atoms with Crippen LogP contribution in [0.5, 0.6) is 5.75 Å². The van der Waals surface area contributed by atoms with Gasteiger partial charge in [-0.1, -0.05) is 17.1 Å². The maximum Gasteiger partial charge on any atom is 0.416 e. The van der Waals surface area contributed by atoms with Crippen molar-refractivity contribution in [3.63, 3.8) is 0 Å². The molecular formula is C29H34F3N3O6S. The highest BCUT2D eigenvalue weighted by Gasteiger charge is 2.47. The number of allylic oxidation sites excluding steroid dienone is 3. The van der Waals surface area contributed by atoms with Crippen LogP contribution in [0.1, 0.15) is 65.0 Å². The van der Waals surface area contributed by atoms with E-state index in [0.29, 0.717) is 17.2 Å². The third kappa shape index (κ3) is 7.80. The predicted octanol–water partition coefficient (Wildman–Crippen LogP) is 4.08. The summed E-state index contributed by atoms with van der Waals surface area (Å²) in [5, 5.41) is 12.3. The zero-order valence-electron chi connectivity index (χ0n) is 24.1. The minimum absolute atomic E-state index is 0.0120. The fraction of sp³-hybridized carbons (Fsp3) is 0.483. The molecule has 42 heavy (non-hydrogen) atoms. The number of hydrogen-bond acceptors (Lipinski definition) is 7. The molecule has 2 heterocycles. The van der Waals surface area contributed by atoms with Gasteiger partial charge in [-0.2, -0.15) is 13.2 Å². The first-order valence-electron chi connectivity index (χ1n) is 13.2. The summed E-state index contributed by atoms with van der Waals surface area (Å²) in [6.07, 6.45) is 2.48. The topological polar surface area (TPSA) is 125 Å². The van der Waals surface area contributed by atoms with Gasteiger partial charge in [0.2, 0.25) is 10.0 Å². The van der Waals surface area contributed by atoms with E-state index in [4.69, 9.17) is 11.2 Å². The number of amidine groups is 1. The number of aliphatic imine (C=N–C) groups is 1. The molecule has 2 aliphatic rings. The number of carbonyl (C=O) groups excluding carboxylic acids is 2. The van der Waals surface area contributed by atoms with Crippen LogP contribution in [0.2, 0.25) is 0 Å². The number of hydrogen-bond donors (Lipinski definition) is 2. The molecule has 1 aromatic carbocycles. The van der Waals surface area contributed by atoms with Crippen molar-refractivity contribution in [2.75, 3.05) is 18.8 Å². The Labute approximate surface area is 243 Å². The summed E-state index contributed by atoms with van der Waals surface area (Å²) in [4.78, 5) is 29.5. The third-order valence-electron chi connectivity index (χ3n) is 6.99. The van der Waals surface area contributed by atoms with E-state index in [-0.39, 0.29) is 55.1 Å². The van der Waals surface area contributed by atoms with Gasteiger partial charge >= 0.3 is 12.1 Å². The molecule has 0 bridgehead atoms. The highest BCUT2D eigenvalue weighted by Crippen LogP contribution is 2.35. The van der Waals surface area contributed by atoms with Gasteiger partial charge in [0.05, 0.1) is 11.3 Å². The van der Waals surface area contributed by atoms with Gasteiger partial charge in [0.1, 0.15) is 28.3 Å². The number of alkyl halides is 3. The summed E-state index contributed by atoms with van der Waals surface area (Å²) in [6.45, 7) is 8.57. The van der Waals surface area contributed by atoms with E-state index < -0.39 is 50.5 Å². The molecule has 9 nitrogen and oxygen atoms in total. The molecule has 0 aromatic heterocycles. The highest BCUT2D eigenvalue weighted by molar-refractivity contribution is 7.89. The Morgan fingerprint density at radius 1 is 1.21 bits per heavy atom. The molecule has 0 aliphatic carbocycles. The number of benzene rings is 1. The number of phenolic OH excluding ortho intramolecular Hbond substituents is 1. The maximum absolute atomic E-state index is 13.2. The lowest BCUT2D eigenvalue weighted by Crippen LogP contribution is -2.50. The average Bonchev–Trinajstić information content (AvgIpc) is 3.19. The number of esters is 1. The summed E-state index contributed by atoms with van der Waals surface area (Å²) in [6, 6.07) is 2.42. The molecule has 0 atom stereocenters. The Hall–Kier alpha value is -3.63. The number of terminal acetylenes is 1. The van der Waals surface area contributed by atoms with Gasteiger partial charge in [-0.05, 0) is 78.2 Å². The summed E-state index contributed by atoms with van der Waals surface area (Å²) in [5.74, 6) is 0.149. The molecule has 2 N–H and O–H groups in total. The minimum Gasteiger partial charge on any atom is -0.508 e. The predicted molar refractivity (Wildman–Crippen MR) is 151 cm³/mol. The average molecular weight is 610 g/mol. The molecule has 0 radical (unpaired) electrons. The van der Waals surface area contributed by atoms with Crippen molar-refractivity contribution in [2.24, 2.45) is 4.99 Å². The zero-order valence-corrected chi connectivity index (χ0v) is 24.9. The van der Waals surface area contributed by atoms with Crippen LogP contribution >= 0.6 is 0 Å². The number of halogens is 3. The van der Waals surface area contributed by atoms with Crippen LogP contribution in [-0.4, -0.2) is 65.5 Å². The lowest BCUT2D eigenvalue weighted by molar-refractivity contribution is -0.149. The van der Waals surface area contributed by atoms with Crippen molar-refractivity contribution in [1.29, 1.82) is 0 Å². The van der Waals surface area contributed by atoms with Crippen LogP contribution in [0.15, 0.2) is 46.0 Å². The summed E-state index contributed by atoms with van der Waals surface area (Å²) < 4.78 is 72.4. The smallest absolute Gasteiger partial charge is 0.416 e. The number of sulfonamides is 1. The molecule has 228 valence electrons. The Balaban J connectivity index is 1.69. The summed E-state index contributed by atoms with van der Waals surface area (Å²) >= 11 is 0. The Kier molecular flexibility index (Phi) is 9.34. The molecule has 13 heteroatoms. The molecule has 0 unspecified atom stereocenters. The van der Waals surface area contributed by atoms with Gasteiger partial charge in [0, 0.05) is 18.7 Å². The second kappa shape index (κ2) is 11.9. The standard InChI is InChI=1S/C29H34F3N3O6S/c1-7-20(25(37)41-27(4,5)6)14-19(3)18(2)8-13-42(39,40)35-11-9-28(10-12-35)26(38)33-24(34-28)21-15-22(29(30,31)32)17-23(36)16-21/h1,14-17,36H,8-13H2,2-6H3,(H,33,34,38)/b19-18+,20-14+. The molecule has 1 amide bonds. The number of phenols is 1. The molecule has 0 saturated carbocycles. The number of rotatable bonds is 7. The van der Waals surface area contributed by atoms with Crippen molar-refractivity contribution in [2.45, 2.75) is 71.2 Å². The number of piperidine rings is 1. The molecule has 3 rings (SSSR count). The quantitative estimate of drug-likeness (QED) is 0.208. The van der Waals surface area contributed by atoms with E-state index in [1.54, 1.807) is 34.6 Å². The van der Waals surface area contributed by atoms with Crippen LogP contribution in [0.4, 0.5) is 13.2 Å². The first-order valence-corrected chi connectivity index (χ1v) is 14.8. The van der Waals surface area contributed by atoms with Crippen molar-refractivity contribution >= 4 is 27.7 Å². The molecule has 1 saturated heterocycles. The van der Waals surface area contributed by atoms with Crippen molar-refractivity contribution in [3.05, 3.63) is 52.1 Å². The fourth-order valence-electron chi connectivity index (χ4n) is 4.48. The van der Waals surface area contributed by atoms with Gasteiger partial charge in [-0.3, -0.25) is 9.79 Å². The molecule has 1 aromatic rings. The number of aromatic hydroxyl groups is 1. The molecular weight excluding hydrogens is 575 g/mol. The largest absolute Gasteiger partial charge is 0.508 e. The number of amides is 1. The lowest BCUT2D eigenvalue weighted by atomic mass is 9.89. The van der Waals surface area contributed by atoms with Crippen molar-refractivity contribution in [1.82, 2.24) is 9.62 Å². The second-order valence-corrected chi connectivity index (χ2v) is 13.4. The van der Waals surface area contributed by atoms with Gasteiger partial charge < -0.3 is 15.2 Å². The van der Waals surface area contributed by atoms with E-state index in [9.17, 15) is 36.3 Å². The van der Waals surface area contributed by atoms with Gasteiger partial charge in [0.25, 0.3) is 5.91 Å².